The van der Waals surface area contributed by atoms with Crippen LogP contribution >= 0.6 is 12.2 Å². The molecular formula is C21H21F6N3O2S. The number of nitrogens with one attached hydrogen (secondary N) is 2. The molecular weight excluding hydrogens is 472 g/mol. The van der Waals surface area contributed by atoms with Crippen molar-refractivity contribution in [2.24, 2.45) is 0 Å². The number of rotatable bonds is 5. The van der Waals surface area contributed by atoms with Gasteiger partial charge in [0.05, 0.1) is 18.5 Å². The average Bonchev–Trinajstić information content (AvgIpc) is 2.77. The Labute approximate surface area is 191 Å². The van der Waals surface area contributed by atoms with Gasteiger partial charge in [-0.05, 0) is 45.0 Å². The van der Waals surface area contributed by atoms with E-state index in [4.69, 9.17) is 17.0 Å². The van der Waals surface area contributed by atoms with Crippen molar-refractivity contribution >= 4 is 28.6 Å². The van der Waals surface area contributed by atoms with Crippen molar-refractivity contribution in [3.8, 4) is 5.88 Å². The molecule has 0 amide bonds. The number of pyridine rings is 1. The van der Waals surface area contributed by atoms with Crippen molar-refractivity contribution in [2.45, 2.75) is 44.0 Å². The third kappa shape index (κ3) is 5.16. The maximum absolute atomic E-state index is 15.6. The van der Waals surface area contributed by atoms with Gasteiger partial charge in [-0.2, -0.15) is 13.2 Å². The molecule has 0 bridgehead atoms. The number of halogens is 6. The Morgan fingerprint density at radius 2 is 1.82 bits per heavy atom. The van der Waals surface area contributed by atoms with E-state index in [0.29, 0.717) is 5.69 Å². The molecule has 0 radical (unpaired) electrons. The molecule has 180 valence electrons. The summed E-state index contributed by atoms with van der Waals surface area (Å²) in [6, 6.07) is 6.14. The summed E-state index contributed by atoms with van der Waals surface area (Å²) in [5.41, 5.74) is -3.99. The lowest BCUT2D eigenvalue weighted by atomic mass is 9.77. The summed E-state index contributed by atoms with van der Waals surface area (Å²) in [6.45, 7) is 1.81. The fourth-order valence-electron chi connectivity index (χ4n) is 3.42. The number of ether oxygens (including phenoxy) is 2. The van der Waals surface area contributed by atoms with Gasteiger partial charge in [-0.25, -0.2) is 18.2 Å². The highest BCUT2D eigenvalue weighted by atomic mass is 32.1. The van der Waals surface area contributed by atoms with Crippen LogP contribution in [0.3, 0.4) is 0 Å². The van der Waals surface area contributed by atoms with Crippen LogP contribution in [-0.2, 0) is 10.3 Å². The quantitative estimate of drug-likeness (QED) is 0.425. The zero-order chi connectivity index (χ0) is 24.7. The molecule has 2 N–H and O–H groups in total. The molecule has 0 spiro atoms. The van der Waals surface area contributed by atoms with Gasteiger partial charge in [0.2, 0.25) is 5.88 Å². The third-order valence-electron chi connectivity index (χ3n) is 5.25. The molecule has 1 aromatic carbocycles. The van der Waals surface area contributed by atoms with Crippen LogP contribution in [-0.4, -0.2) is 40.9 Å². The third-order valence-corrected chi connectivity index (χ3v) is 5.47. The Morgan fingerprint density at radius 1 is 1.15 bits per heavy atom. The van der Waals surface area contributed by atoms with Crippen LogP contribution in [0, 0.1) is 5.82 Å². The van der Waals surface area contributed by atoms with Gasteiger partial charge in [0.15, 0.2) is 6.61 Å². The lowest BCUT2D eigenvalue weighted by Crippen LogP contribution is -2.62. The Morgan fingerprint density at radius 3 is 2.42 bits per heavy atom. The van der Waals surface area contributed by atoms with Crippen molar-refractivity contribution in [2.75, 3.05) is 18.5 Å². The highest BCUT2D eigenvalue weighted by Crippen LogP contribution is 2.48. The summed E-state index contributed by atoms with van der Waals surface area (Å²) in [4.78, 5) is 3.76. The first-order valence-corrected chi connectivity index (χ1v) is 10.1. The minimum absolute atomic E-state index is 0.000780. The molecule has 1 aromatic heterocycles. The molecule has 1 aliphatic heterocycles. The number of hydrogen-bond acceptors (Lipinski definition) is 5. The van der Waals surface area contributed by atoms with E-state index in [1.165, 1.54) is 44.3 Å². The smallest absolute Gasteiger partial charge is 0.422 e. The van der Waals surface area contributed by atoms with Gasteiger partial charge in [0.25, 0.3) is 0 Å². The summed E-state index contributed by atoms with van der Waals surface area (Å²) < 4.78 is 92.5. The van der Waals surface area contributed by atoms with Crippen molar-refractivity contribution < 1.29 is 35.8 Å². The Hall–Kier alpha value is -2.60. The second kappa shape index (κ2) is 8.64. The molecule has 1 unspecified atom stereocenters. The van der Waals surface area contributed by atoms with Crippen molar-refractivity contribution in [1.82, 2.24) is 10.3 Å². The van der Waals surface area contributed by atoms with Crippen molar-refractivity contribution in [3.05, 3.63) is 47.9 Å². The first-order chi connectivity index (χ1) is 15.1. The highest BCUT2D eigenvalue weighted by Gasteiger charge is 2.64. The first kappa shape index (κ1) is 25.0. The molecule has 2 heterocycles. The van der Waals surface area contributed by atoms with Crippen LogP contribution in [0.4, 0.5) is 37.7 Å². The summed E-state index contributed by atoms with van der Waals surface area (Å²) in [5.74, 6) is -4.72. The molecule has 5 nitrogen and oxygen atoms in total. The van der Waals surface area contributed by atoms with E-state index < -0.39 is 35.7 Å². The van der Waals surface area contributed by atoms with E-state index in [9.17, 15) is 17.6 Å². The summed E-state index contributed by atoms with van der Waals surface area (Å²) in [6.07, 6.45) is -3.31. The standard InChI is InChI=1S/C21H21F6N3O2S/c1-18(2)21(26,27)19(3,30-17(33)10-32-18)14-8-12(4-6-15(14)22)29-13-5-7-16(28-9-13)31-11-20(23,24)25/h4-9,29H,10-11H2,1-3H3,(H,30,33). The minimum Gasteiger partial charge on any atom is -0.468 e. The number of aromatic nitrogens is 1. The molecule has 12 heteroatoms. The van der Waals surface area contributed by atoms with E-state index in [0.717, 1.165) is 13.0 Å². The van der Waals surface area contributed by atoms with E-state index in [1.54, 1.807) is 0 Å². The normalized spacial score (nSPS) is 22.3. The van der Waals surface area contributed by atoms with Crippen molar-refractivity contribution in [1.29, 1.82) is 0 Å². The van der Waals surface area contributed by atoms with Gasteiger partial charge in [0, 0.05) is 17.3 Å². The molecule has 0 saturated carbocycles. The maximum Gasteiger partial charge on any atom is 0.422 e. The van der Waals surface area contributed by atoms with E-state index in [2.05, 4.69) is 20.4 Å². The lowest BCUT2D eigenvalue weighted by molar-refractivity contribution is -0.216. The van der Waals surface area contributed by atoms with Gasteiger partial charge in [-0.1, -0.05) is 12.2 Å². The zero-order valence-corrected chi connectivity index (χ0v) is 18.6. The van der Waals surface area contributed by atoms with Crippen LogP contribution < -0.4 is 15.4 Å². The van der Waals surface area contributed by atoms with E-state index in [-0.39, 0.29) is 28.7 Å². The monoisotopic (exact) mass is 493 g/mol. The second-order valence-corrected chi connectivity index (χ2v) is 8.65. The number of nitrogens with zero attached hydrogens (tertiary/aromatic N) is 1. The Bertz CT molecular complexity index is 1030. The van der Waals surface area contributed by atoms with E-state index >= 15 is 8.78 Å². The molecule has 1 atom stereocenters. The summed E-state index contributed by atoms with van der Waals surface area (Å²) in [5, 5.41) is 5.41. The fraction of sp³-hybridized carbons (Fsp3) is 0.429. The zero-order valence-electron chi connectivity index (χ0n) is 17.8. The molecule has 1 fully saturated rings. The second-order valence-electron chi connectivity index (χ2n) is 8.16. The average molecular weight is 493 g/mol. The molecule has 2 aromatic rings. The molecule has 3 rings (SSSR count). The lowest BCUT2D eigenvalue weighted by Gasteiger charge is -2.44. The van der Waals surface area contributed by atoms with Crippen LogP contribution in [0.15, 0.2) is 36.5 Å². The van der Waals surface area contributed by atoms with Crippen LogP contribution in [0.2, 0.25) is 0 Å². The van der Waals surface area contributed by atoms with Crippen molar-refractivity contribution in [3.63, 3.8) is 0 Å². The maximum atomic E-state index is 15.6. The fourth-order valence-corrected chi connectivity index (χ4v) is 3.68. The van der Waals surface area contributed by atoms with E-state index in [1.807, 2.05) is 0 Å². The minimum atomic E-state index is -4.50. The number of anilines is 2. The van der Waals surface area contributed by atoms with Gasteiger partial charge in [-0.3, -0.25) is 0 Å². The van der Waals surface area contributed by atoms with Crippen LogP contribution in [0.5, 0.6) is 5.88 Å². The highest BCUT2D eigenvalue weighted by molar-refractivity contribution is 7.80. The molecule has 33 heavy (non-hydrogen) atoms. The number of alkyl halides is 5. The SMILES string of the molecule is CC1(C)OCC(=S)NC(C)(c2cc(Nc3ccc(OCC(F)(F)F)nc3)ccc2F)C1(F)F. The van der Waals surface area contributed by atoms with Gasteiger partial charge in [-0.15, -0.1) is 0 Å². The Kier molecular flexibility index (Phi) is 6.55. The largest absolute Gasteiger partial charge is 0.468 e. The predicted molar refractivity (Wildman–Crippen MR) is 114 cm³/mol. The van der Waals surface area contributed by atoms with Crippen LogP contribution in [0.25, 0.3) is 0 Å². The number of thiocarbonyl (C=S) groups is 1. The molecule has 1 aliphatic rings. The number of benzene rings is 1. The van der Waals surface area contributed by atoms with Crippen LogP contribution in [0.1, 0.15) is 26.3 Å². The molecule has 1 saturated heterocycles. The van der Waals surface area contributed by atoms with Gasteiger partial charge < -0.3 is 20.1 Å². The van der Waals surface area contributed by atoms with Gasteiger partial charge in [0.1, 0.15) is 21.9 Å². The predicted octanol–water partition coefficient (Wildman–Crippen LogP) is 5.48. The van der Waals surface area contributed by atoms with Gasteiger partial charge >= 0.3 is 12.1 Å². The Balaban J connectivity index is 1.90. The summed E-state index contributed by atoms with van der Waals surface area (Å²) in [7, 11) is 0. The first-order valence-electron chi connectivity index (χ1n) is 9.70. The summed E-state index contributed by atoms with van der Waals surface area (Å²) >= 11 is 5.09. The topological polar surface area (TPSA) is 55.4 Å². The number of hydrogen-bond donors (Lipinski definition) is 2. The molecule has 0 aliphatic carbocycles.